The molecule has 1 unspecified atom stereocenters. The van der Waals surface area contributed by atoms with E-state index in [1.54, 1.807) is 0 Å². The van der Waals surface area contributed by atoms with Crippen LogP contribution >= 0.6 is 0 Å². The average Bonchev–Trinajstić information content (AvgIpc) is 2.67. The molecule has 0 bridgehead atoms. The van der Waals surface area contributed by atoms with Crippen molar-refractivity contribution in [1.82, 2.24) is 15.2 Å². The van der Waals surface area contributed by atoms with Crippen molar-refractivity contribution in [1.29, 1.82) is 0 Å². The highest BCUT2D eigenvalue weighted by Crippen LogP contribution is 2.39. The molecule has 1 fully saturated rings. The third-order valence-corrected chi connectivity index (χ3v) is 4.10. The Bertz CT molecular complexity index is 383. The van der Waals surface area contributed by atoms with Crippen LogP contribution in [0.15, 0.2) is 12.3 Å². The van der Waals surface area contributed by atoms with E-state index < -0.39 is 0 Å². The first kappa shape index (κ1) is 14.5. The van der Waals surface area contributed by atoms with Gasteiger partial charge in [0.25, 0.3) is 0 Å². The molecule has 1 heterocycles. The molecule has 1 saturated carbocycles. The van der Waals surface area contributed by atoms with E-state index in [1.807, 2.05) is 24.0 Å². The predicted octanol–water partition coefficient (Wildman–Crippen LogP) is 2.05. The number of aryl methyl sites for hydroxylation is 1. The summed E-state index contributed by atoms with van der Waals surface area (Å²) in [5, 5.41) is 4.51. The Balaban J connectivity index is 2.28. The summed E-state index contributed by atoms with van der Waals surface area (Å²) >= 11 is 0. The third-order valence-electron chi connectivity index (χ3n) is 4.10. The largest absolute Gasteiger partial charge is 0.373 e. The highest BCUT2D eigenvalue weighted by molar-refractivity contribution is 5.12. The minimum Gasteiger partial charge on any atom is -0.373 e. The molecule has 1 aliphatic carbocycles. The zero-order chi connectivity index (χ0) is 13.7. The zero-order valence-corrected chi connectivity index (χ0v) is 12.1. The van der Waals surface area contributed by atoms with Gasteiger partial charge < -0.3 is 4.74 Å². The maximum Gasteiger partial charge on any atom is 0.0939 e. The third kappa shape index (κ3) is 3.16. The summed E-state index contributed by atoms with van der Waals surface area (Å²) in [6.07, 6.45) is 9.02. The number of aromatic nitrogens is 2. The van der Waals surface area contributed by atoms with Crippen LogP contribution in [0.1, 0.15) is 57.2 Å². The highest BCUT2D eigenvalue weighted by atomic mass is 16.5. The van der Waals surface area contributed by atoms with Gasteiger partial charge in [-0.3, -0.25) is 10.5 Å². The number of hydrogen-bond donors (Lipinski definition) is 2. The summed E-state index contributed by atoms with van der Waals surface area (Å²) < 4.78 is 7.99. The molecular formula is C14H26N4O. The van der Waals surface area contributed by atoms with E-state index >= 15 is 0 Å². The second-order valence-corrected chi connectivity index (χ2v) is 5.43. The van der Waals surface area contributed by atoms with Crippen LogP contribution in [0, 0.1) is 0 Å². The Morgan fingerprint density at radius 2 is 2.11 bits per heavy atom. The van der Waals surface area contributed by atoms with Crippen LogP contribution < -0.4 is 11.3 Å². The van der Waals surface area contributed by atoms with Gasteiger partial charge in [0.15, 0.2) is 0 Å². The lowest BCUT2D eigenvalue weighted by molar-refractivity contribution is -0.0792. The average molecular weight is 266 g/mol. The number of hydrazine groups is 1. The van der Waals surface area contributed by atoms with Gasteiger partial charge >= 0.3 is 0 Å². The van der Waals surface area contributed by atoms with Gasteiger partial charge in [-0.25, -0.2) is 5.43 Å². The molecule has 1 aliphatic rings. The van der Waals surface area contributed by atoms with Gasteiger partial charge in [0.05, 0.1) is 17.3 Å². The van der Waals surface area contributed by atoms with Crippen molar-refractivity contribution < 1.29 is 4.74 Å². The van der Waals surface area contributed by atoms with Crippen LogP contribution in [0.3, 0.4) is 0 Å². The molecule has 0 amide bonds. The lowest BCUT2D eigenvalue weighted by atomic mass is 9.84. The Kier molecular flexibility index (Phi) is 4.96. The van der Waals surface area contributed by atoms with Crippen LogP contribution in [-0.4, -0.2) is 22.0 Å². The zero-order valence-electron chi connectivity index (χ0n) is 12.1. The maximum absolute atomic E-state index is 6.18. The first-order valence-electron chi connectivity index (χ1n) is 7.31. The Morgan fingerprint density at radius 1 is 1.42 bits per heavy atom. The van der Waals surface area contributed by atoms with Crippen molar-refractivity contribution in [3.05, 3.63) is 18.0 Å². The smallest absolute Gasteiger partial charge is 0.0939 e. The van der Waals surface area contributed by atoms with Crippen molar-refractivity contribution >= 4 is 0 Å². The quantitative estimate of drug-likeness (QED) is 0.486. The molecule has 1 atom stereocenters. The molecule has 19 heavy (non-hydrogen) atoms. The van der Waals surface area contributed by atoms with Crippen LogP contribution in [0.2, 0.25) is 0 Å². The van der Waals surface area contributed by atoms with E-state index in [0.29, 0.717) is 6.61 Å². The fraction of sp³-hybridized carbons (Fsp3) is 0.786. The molecule has 1 aromatic rings. The van der Waals surface area contributed by atoms with Crippen LogP contribution in [0.4, 0.5) is 0 Å². The van der Waals surface area contributed by atoms with Gasteiger partial charge in [0.1, 0.15) is 0 Å². The van der Waals surface area contributed by atoms with E-state index in [1.165, 1.54) is 25.7 Å². The fourth-order valence-electron chi connectivity index (χ4n) is 3.22. The molecule has 5 heteroatoms. The monoisotopic (exact) mass is 266 g/mol. The Labute approximate surface area is 115 Å². The van der Waals surface area contributed by atoms with Crippen LogP contribution in [0.25, 0.3) is 0 Å². The molecule has 0 radical (unpaired) electrons. The molecular weight excluding hydrogens is 240 g/mol. The molecule has 0 saturated heterocycles. The molecule has 108 valence electrons. The topological polar surface area (TPSA) is 65.1 Å². The van der Waals surface area contributed by atoms with E-state index in [0.717, 1.165) is 18.5 Å². The van der Waals surface area contributed by atoms with E-state index in [9.17, 15) is 0 Å². The summed E-state index contributed by atoms with van der Waals surface area (Å²) in [5.41, 5.74) is 3.71. The van der Waals surface area contributed by atoms with Gasteiger partial charge in [-0.2, -0.15) is 5.10 Å². The second-order valence-electron chi connectivity index (χ2n) is 5.43. The maximum atomic E-state index is 6.18. The van der Waals surface area contributed by atoms with E-state index in [-0.39, 0.29) is 11.6 Å². The first-order valence-corrected chi connectivity index (χ1v) is 7.31. The van der Waals surface area contributed by atoms with Crippen molar-refractivity contribution in [2.24, 2.45) is 12.9 Å². The van der Waals surface area contributed by atoms with Crippen molar-refractivity contribution in [3.8, 4) is 0 Å². The second kappa shape index (κ2) is 6.50. The number of nitrogens with one attached hydrogen (secondary N) is 1. The number of nitrogens with zero attached hydrogens (tertiary/aromatic N) is 2. The Hall–Kier alpha value is -0.910. The van der Waals surface area contributed by atoms with Gasteiger partial charge in [0.2, 0.25) is 0 Å². The normalized spacial score (nSPS) is 21.0. The fourth-order valence-corrected chi connectivity index (χ4v) is 3.22. The minimum absolute atomic E-state index is 0.0354. The number of nitrogens with two attached hydrogens (primary N) is 1. The van der Waals surface area contributed by atoms with Gasteiger partial charge in [-0.05, 0) is 25.8 Å². The van der Waals surface area contributed by atoms with Gasteiger partial charge in [-0.1, -0.05) is 25.7 Å². The summed E-state index contributed by atoms with van der Waals surface area (Å²) in [6, 6.07) is 1.99. The molecule has 1 aromatic heterocycles. The van der Waals surface area contributed by atoms with Crippen LogP contribution in [0.5, 0.6) is 0 Å². The van der Waals surface area contributed by atoms with Crippen molar-refractivity contribution in [2.75, 3.05) is 6.61 Å². The summed E-state index contributed by atoms with van der Waals surface area (Å²) in [4.78, 5) is 0. The molecule has 0 spiro atoms. The number of rotatable bonds is 5. The standard InChI is InChI=1S/C14H26N4O/c1-3-19-14(9-6-4-5-7-10-14)13(16-15)12-8-11-18(2)17-12/h8,11,13,16H,3-7,9-10,15H2,1-2H3. The predicted molar refractivity (Wildman–Crippen MR) is 75.3 cm³/mol. The SMILES string of the molecule is CCOC1(C(NN)c2ccn(C)n2)CCCCCC1. The van der Waals surface area contributed by atoms with Gasteiger partial charge in [-0.15, -0.1) is 0 Å². The van der Waals surface area contributed by atoms with Crippen molar-refractivity contribution in [2.45, 2.75) is 57.1 Å². The number of hydrogen-bond acceptors (Lipinski definition) is 4. The van der Waals surface area contributed by atoms with E-state index in [4.69, 9.17) is 10.6 Å². The molecule has 2 rings (SSSR count). The molecule has 3 N–H and O–H groups in total. The van der Waals surface area contributed by atoms with E-state index in [2.05, 4.69) is 17.4 Å². The number of ether oxygens (including phenoxy) is 1. The highest BCUT2D eigenvalue weighted by Gasteiger charge is 2.41. The molecule has 0 aliphatic heterocycles. The minimum atomic E-state index is -0.214. The molecule has 0 aromatic carbocycles. The van der Waals surface area contributed by atoms with Gasteiger partial charge in [0, 0.05) is 19.9 Å². The first-order chi connectivity index (χ1) is 9.22. The van der Waals surface area contributed by atoms with Crippen molar-refractivity contribution in [3.63, 3.8) is 0 Å². The summed E-state index contributed by atoms with van der Waals surface area (Å²) in [5.74, 6) is 5.83. The lowest BCUT2D eigenvalue weighted by Crippen LogP contribution is -2.48. The summed E-state index contributed by atoms with van der Waals surface area (Å²) in [7, 11) is 1.93. The van der Waals surface area contributed by atoms with Crippen LogP contribution in [-0.2, 0) is 11.8 Å². The summed E-state index contributed by atoms with van der Waals surface area (Å²) in [6.45, 7) is 2.77. The Morgan fingerprint density at radius 3 is 2.58 bits per heavy atom. The lowest BCUT2D eigenvalue weighted by Gasteiger charge is -2.39. The molecule has 5 nitrogen and oxygen atoms in total.